The van der Waals surface area contributed by atoms with Gasteiger partial charge in [-0.2, -0.15) is 0 Å². The van der Waals surface area contributed by atoms with Crippen LogP contribution in [-0.2, 0) is 14.2 Å². The lowest BCUT2D eigenvalue weighted by Crippen LogP contribution is -2.26. The van der Waals surface area contributed by atoms with Crippen molar-refractivity contribution in [3.63, 3.8) is 0 Å². The summed E-state index contributed by atoms with van der Waals surface area (Å²) in [5.41, 5.74) is 0.947. The van der Waals surface area contributed by atoms with Crippen LogP contribution in [0, 0.1) is 5.82 Å². The number of cyclic esters (lactones) is 1. The second kappa shape index (κ2) is 8.12. The first kappa shape index (κ1) is 17.5. The summed E-state index contributed by atoms with van der Waals surface area (Å²) in [5, 5.41) is 0. The normalized spacial score (nSPS) is 17.5. The van der Waals surface area contributed by atoms with Gasteiger partial charge in [0.2, 0.25) is 0 Å². The predicted molar refractivity (Wildman–Crippen MR) is 85.7 cm³/mol. The van der Waals surface area contributed by atoms with Gasteiger partial charge in [-0.15, -0.1) is 0 Å². The van der Waals surface area contributed by atoms with Crippen LogP contribution in [0.15, 0.2) is 18.2 Å². The molecule has 1 amide bonds. The van der Waals surface area contributed by atoms with Gasteiger partial charge >= 0.3 is 6.09 Å². The van der Waals surface area contributed by atoms with Crippen LogP contribution in [0.4, 0.5) is 20.6 Å². The summed E-state index contributed by atoms with van der Waals surface area (Å²) in [6.45, 7) is 4.35. The molecule has 1 aliphatic rings. The number of amides is 1. The van der Waals surface area contributed by atoms with E-state index in [2.05, 4.69) is 0 Å². The highest BCUT2D eigenvalue weighted by atomic mass is 19.1. The number of likely N-dealkylation sites (N-methyl/N-ethyl adjacent to an activating group) is 1. The topological polar surface area (TPSA) is 51.2 Å². The van der Waals surface area contributed by atoms with Gasteiger partial charge in [0.05, 0.1) is 31.1 Å². The maximum Gasteiger partial charge on any atom is 0.414 e. The van der Waals surface area contributed by atoms with Gasteiger partial charge in [-0.05, 0) is 25.1 Å². The number of carbonyl (C=O) groups is 1. The van der Waals surface area contributed by atoms with E-state index in [9.17, 15) is 9.18 Å². The molecule has 128 valence electrons. The van der Waals surface area contributed by atoms with Gasteiger partial charge in [0.15, 0.2) is 0 Å². The fourth-order valence-corrected chi connectivity index (χ4v) is 2.44. The molecule has 1 fully saturated rings. The minimum absolute atomic E-state index is 0.322. The van der Waals surface area contributed by atoms with E-state index in [-0.39, 0.29) is 11.9 Å². The molecule has 1 aromatic carbocycles. The van der Waals surface area contributed by atoms with Gasteiger partial charge in [-0.1, -0.05) is 0 Å². The van der Waals surface area contributed by atoms with E-state index < -0.39 is 6.09 Å². The first-order valence-corrected chi connectivity index (χ1v) is 7.62. The Morgan fingerprint density at radius 1 is 1.48 bits per heavy atom. The first-order valence-electron chi connectivity index (χ1n) is 7.62. The maximum atomic E-state index is 14.3. The lowest BCUT2D eigenvalue weighted by atomic mass is 10.2. The first-order chi connectivity index (χ1) is 11.1. The highest BCUT2D eigenvalue weighted by Gasteiger charge is 2.32. The number of methoxy groups -OCH3 is 1. The molecule has 2 rings (SSSR count). The van der Waals surface area contributed by atoms with Crippen LogP contribution in [0.2, 0.25) is 0 Å². The van der Waals surface area contributed by atoms with E-state index in [1.165, 1.54) is 11.0 Å². The van der Waals surface area contributed by atoms with Gasteiger partial charge in [-0.3, -0.25) is 4.90 Å². The third-order valence-electron chi connectivity index (χ3n) is 3.66. The summed E-state index contributed by atoms with van der Waals surface area (Å²) in [6.07, 6.45) is -0.812. The summed E-state index contributed by atoms with van der Waals surface area (Å²) >= 11 is 0. The van der Waals surface area contributed by atoms with E-state index >= 15 is 0 Å². The van der Waals surface area contributed by atoms with Crippen molar-refractivity contribution in [3.05, 3.63) is 24.0 Å². The highest BCUT2D eigenvalue weighted by Crippen LogP contribution is 2.27. The molecule has 1 aliphatic heterocycles. The molecule has 0 saturated carbocycles. The average Bonchev–Trinajstić information content (AvgIpc) is 2.88. The van der Waals surface area contributed by atoms with E-state index in [0.29, 0.717) is 44.3 Å². The smallest absolute Gasteiger partial charge is 0.414 e. The van der Waals surface area contributed by atoms with Crippen LogP contribution in [0.3, 0.4) is 0 Å². The number of ether oxygens (including phenoxy) is 3. The van der Waals surface area contributed by atoms with E-state index in [1.54, 1.807) is 31.2 Å². The molecule has 0 bridgehead atoms. The summed E-state index contributed by atoms with van der Waals surface area (Å²) in [4.78, 5) is 15.1. The molecular weight excluding hydrogens is 303 g/mol. The Hall–Kier alpha value is -1.86. The van der Waals surface area contributed by atoms with Crippen molar-refractivity contribution in [3.8, 4) is 0 Å². The van der Waals surface area contributed by atoms with Gasteiger partial charge in [0.1, 0.15) is 11.9 Å². The number of hydrogen-bond donors (Lipinski definition) is 0. The minimum atomic E-state index is -0.482. The zero-order valence-corrected chi connectivity index (χ0v) is 13.8. The van der Waals surface area contributed by atoms with Crippen LogP contribution in [0.25, 0.3) is 0 Å². The second-order valence-corrected chi connectivity index (χ2v) is 5.33. The molecule has 0 aliphatic carbocycles. The minimum Gasteiger partial charge on any atom is -0.441 e. The largest absolute Gasteiger partial charge is 0.441 e. The third kappa shape index (κ3) is 4.33. The van der Waals surface area contributed by atoms with Crippen LogP contribution >= 0.6 is 0 Å². The van der Waals surface area contributed by atoms with Crippen molar-refractivity contribution in [1.82, 2.24) is 0 Å². The van der Waals surface area contributed by atoms with Crippen LogP contribution < -0.4 is 9.80 Å². The molecular formula is C16H23FN2O4. The number of halogens is 1. The Balaban J connectivity index is 2.05. The second-order valence-electron chi connectivity index (χ2n) is 5.33. The van der Waals surface area contributed by atoms with Gasteiger partial charge in [0.25, 0.3) is 0 Å². The molecule has 0 radical (unpaired) electrons. The van der Waals surface area contributed by atoms with Crippen LogP contribution in [-0.4, -0.2) is 59.3 Å². The Labute approximate surface area is 135 Å². The lowest BCUT2D eigenvalue weighted by Gasteiger charge is -2.21. The van der Waals surface area contributed by atoms with Gasteiger partial charge in [0, 0.05) is 27.3 Å². The number of nitrogens with zero attached hydrogens (tertiary/aromatic N) is 2. The van der Waals surface area contributed by atoms with Crippen molar-refractivity contribution in [2.75, 3.05) is 56.9 Å². The average molecular weight is 326 g/mol. The number of rotatable bonds is 8. The molecule has 0 spiro atoms. The summed E-state index contributed by atoms with van der Waals surface area (Å²) in [7, 11) is 3.35. The van der Waals surface area contributed by atoms with Gasteiger partial charge < -0.3 is 19.1 Å². The number of carbonyl (C=O) groups excluding carboxylic acids is 1. The molecule has 1 atom stereocenters. The molecule has 1 saturated heterocycles. The Bertz CT molecular complexity index is 541. The summed E-state index contributed by atoms with van der Waals surface area (Å²) in [5.74, 6) is -0.385. The van der Waals surface area contributed by atoms with Crippen molar-refractivity contribution >= 4 is 17.5 Å². The number of hydrogen-bond acceptors (Lipinski definition) is 5. The molecule has 1 unspecified atom stereocenters. The number of anilines is 2. The fraction of sp³-hybridized carbons (Fsp3) is 0.562. The fourth-order valence-electron chi connectivity index (χ4n) is 2.44. The van der Waals surface area contributed by atoms with Gasteiger partial charge in [-0.25, -0.2) is 9.18 Å². The molecule has 1 aromatic rings. The van der Waals surface area contributed by atoms with Crippen molar-refractivity contribution in [2.24, 2.45) is 0 Å². The molecule has 0 aromatic heterocycles. The summed E-state index contributed by atoms with van der Waals surface area (Å²) in [6, 6.07) is 4.72. The predicted octanol–water partition coefficient (Wildman–Crippen LogP) is 2.27. The van der Waals surface area contributed by atoms with Crippen molar-refractivity contribution < 1.29 is 23.4 Å². The SMILES string of the molecule is CCOCCN(C)c1ccc(N2CC(COC)OC2=O)cc1F. The molecule has 7 heteroatoms. The lowest BCUT2D eigenvalue weighted by molar-refractivity contribution is 0.0718. The third-order valence-corrected chi connectivity index (χ3v) is 3.66. The number of benzene rings is 1. The zero-order chi connectivity index (χ0) is 16.8. The molecule has 0 N–H and O–H groups in total. The van der Waals surface area contributed by atoms with Crippen LogP contribution in [0.5, 0.6) is 0 Å². The standard InChI is InChI=1S/C16H23FN2O4/c1-4-22-8-7-18(2)15-6-5-12(9-14(15)17)19-10-13(11-21-3)23-16(19)20/h5-6,9,13H,4,7-8,10-11H2,1-3H3. The molecule has 1 heterocycles. The Morgan fingerprint density at radius 3 is 2.91 bits per heavy atom. The van der Waals surface area contributed by atoms with Crippen LogP contribution in [0.1, 0.15) is 6.92 Å². The maximum absolute atomic E-state index is 14.3. The Kier molecular flexibility index (Phi) is 6.18. The van der Waals surface area contributed by atoms with Crippen molar-refractivity contribution in [2.45, 2.75) is 13.0 Å². The van der Waals surface area contributed by atoms with E-state index in [1.807, 2.05) is 6.92 Å². The zero-order valence-electron chi connectivity index (χ0n) is 13.8. The van der Waals surface area contributed by atoms with E-state index in [4.69, 9.17) is 14.2 Å². The van der Waals surface area contributed by atoms with E-state index in [0.717, 1.165) is 0 Å². The molecule has 23 heavy (non-hydrogen) atoms. The quantitative estimate of drug-likeness (QED) is 0.686. The monoisotopic (exact) mass is 326 g/mol. The summed E-state index contributed by atoms with van der Waals surface area (Å²) < 4.78 is 29.8. The molecule has 6 nitrogen and oxygen atoms in total. The highest BCUT2D eigenvalue weighted by molar-refractivity contribution is 5.90. The van der Waals surface area contributed by atoms with Crippen molar-refractivity contribution in [1.29, 1.82) is 0 Å². The Morgan fingerprint density at radius 2 is 2.26 bits per heavy atom.